The highest BCUT2D eigenvalue weighted by atomic mass is 35.5. The van der Waals surface area contributed by atoms with Crippen molar-refractivity contribution in [2.75, 3.05) is 26.3 Å². The van der Waals surface area contributed by atoms with Gasteiger partial charge in [-0.25, -0.2) is 4.39 Å². The molecule has 1 aromatic carbocycles. The van der Waals surface area contributed by atoms with Gasteiger partial charge in [-0.05, 0) is 31.4 Å². The normalized spacial score (nSPS) is 23.8. The van der Waals surface area contributed by atoms with E-state index in [1.54, 1.807) is 12.1 Å². The molecule has 1 N–H and O–H groups in total. The Morgan fingerprint density at radius 1 is 1.46 bits per heavy atom. The number of ether oxygens (including phenoxy) is 1. The zero-order chi connectivity index (χ0) is 16.2. The molecule has 0 aromatic heterocycles. The van der Waals surface area contributed by atoms with Crippen molar-refractivity contribution in [3.05, 3.63) is 34.6 Å². The van der Waals surface area contributed by atoms with Gasteiger partial charge in [-0.15, -0.1) is 12.4 Å². The molecule has 2 unspecified atom stereocenters. The van der Waals surface area contributed by atoms with Gasteiger partial charge < -0.3 is 15.0 Å². The van der Waals surface area contributed by atoms with Gasteiger partial charge in [0, 0.05) is 42.2 Å². The molecule has 4 nitrogen and oxygen atoms in total. The van der Waals surface area contributed by atoms with E-state index in [1.807, 2.05) is 4.90 Å². The quantitative estimate of drug-likeness (QED) is 0.878. The van der Waals surface area contributed by atoms with Crippen LogP contribution in [0.2, 0.25) is 5.02 Å². The summed E-state index contributed by atoms with van der Waals surface area (Å²) in [5, 5.41) is 3.74. The molecule has 7 heteroatoms. The molecule has 0 aliphatic carbocycles. The topological polar surface area (TPSA) is 41.6 Å². The Labute approximate surface area is 153 Å². The molecule has 0 spiro atoms. The summed E-state index contributed by atoms with van der Waals surface area (Å²) >= 11 is 6.12. The third kappa shape index (κ3) is 4.60. The second-order valence-corrected chi connectivity index (χ2v) is 6.62. The maximum absolute atomic E-state index is 14.0. The Bertz CT molecular complexity index is 547. The van der Waals surface area contributed by atoms with E-state index >= 15 is 0 Å². The largest absolute Gasteiger partial charge is 0.378 e. The average molecular weight is 377 g/mol. The first kappa shape index (κ1) is 19.4. The van der Waals surface area contributed by atoms with E-state index in [1.165, 1.54) is 6.07 Å². The summed E-state index contributed by atoms with van der Waals surface area (Å²) in [5.74, 6) is -0.179. The van der Waals surface area contributed by atoms with Crippen LogP contribution in [-0.2, 0) is 16.0 Å². The molecule has 1 aromatic rings. The van der Waals surface area contributed by atoms with E-state index in [9.17, 15) is 9.18 Å². The smallest absolute Gasteiger partial charge is 0.224 e. The fourth-order valence-corrected chi connectivity index (χ4v) is 3.66. The van der Waals surface area contributed by atoms with Crippen molar-refractivity contribution in [3.63, 3.8) is 0 Å². The summed E-state index contributed by atoms with van der Waals surface area (Å²) in [5.41, 5.74) is 0.512. The summed E-state index contributed by atoms with van der Waals surface area (Å²) in [6, 6.07) is 4.83. The number of nitrogens with zero attached hydrogens (tertiary/aromatic N) is 1. The Kier molecular flexibility index (Phi) is 7.29. The van der Waals surface area contributed by atoms with Crippen LogP contribution < -0.4 is 5.32 Å². The monoisotopic (exact) mass is 376 g/mol. The lowest BCUT2D eigenvalue weighted by molar-refractivity contribution is -0.133. The van der Waals surface area contributed by atoms with Gasteiger partial charge in [-0.2, -0.15) is 0 Å². The summed E-state index contributed by atoms with van der Waals surface area (Å²) < 4.78 is 19.4. The molecule has 3 rings (SSSR count). The summed E-state index contributed by atoms with van der Waals surface area (Å²) in [4.78, 5) is 14.5. The summed E-state index contributed by atoms with van der Waals surface area (Å²) in [6.45, 7) is 2.79. The van der Waals surface area contributed by atoms with Gasteiger partial charge in [0.25, 0.3) is 0 Å². The third-order valence-electron chi connectivity index (χ3n) is 4.62. The molecule has 0 saturated carbocycles. The standard InChI is InChI=1S/C17H22ClFN2O2.ClH/c18-15-4-1-5-16(19)14(15)10-13-3-2-7-21(13)17(22)9-12-11-23-8-6-20-12;/h1,4-5,12-13,20H,2-3,6-11H2;1H. The molecule has 2 atom stereocenters. The minimum atomic E-state index is -0.292. The Hall–Kier alpha value is -0.880. The fraction of sp³-hybridized carbons (Fsp3) is 0.588. The van der Waals surface area contributed by atoms with Crippen molar-refractivity contribution in [1.82, 2.24) is 10.2 Å². The first-order chi connectivity index (χ1) is 11.1. The number of morpholine rings is 1. The summed E-state index contributed by atoms with van der Waals surface area (Å²) in [6.07, 6.45) is 2.76. The van der Waals surface area contributed by atoms with Crippen LogP contribution in [0.3, 0.4) is 0 Å². The molecular formula is C17H23Cl2FN2O2. The van der Waals surface area contributed by atoms with Gasteiger partial charge in [-0.3, -0.25) is 4.79 Å². The fourth-order valence-electron chi connectivity index (χ4n) is 3.42. The van der Waals surface area contributed by atoms with Crippen LogP contribution in [0.25, 0.3) is 0 Å². The highest BCUT2D eigenvalue weighted by Crippen LogP contribution is 2.27. The Morgan fingerprint density at radius 3 is 3.00 bits per heavy atom. The van der Waals surface area contributed by atoms with Crippen LogP contribution in [0.5, 0.6) is 0 Å². The molecule has 2 fully saturated rings. The first-order valence-electron chi connectivity index (χ1n) is 8.18. The van der Waals surface area contributed by atoms with Gasteiger partial charge >= 0.3 is 0 Å². The number of halogens is 3. The predicted octanol–water partition coefficient (Wildman–Crippen LogP) is 2.81. The van der Waals surface area contributed by atoms with Crippen LogP contribution in [0, 0.1) is 5.82 Å². The minimum Gasteiger partial charge on any atom is -0.378 e. The maximum Gasteiger partial charge on any atom is 0.224 e. The number of hydrogen-bond acceptors (Lipinski definition) is 3. The SMILES string of the molecule is Cl.O=C(CC1COCCN1)N1CCCC1Cc1c(F)cccc1Cl. The highest BCUT2D eigenvalue weighted by molar-refractivity contribution is 6.31. The van der Waals surface area contributed by atoms with Crippen LogP contribution in [-0.4, -0.2) is 49.2 Å². The van der Waals surface area contributed by atoms with Gasteiger partial charge in [0.1, 0.15) is 5.82 Å². The number of carbonyl (C=O) groups excluding carboxylic acids is 1. The van der Waals surface area contributed by atoms with Gasteiger partial charge in [0.05, 0.1) is 13.2 Å². The van der Waals surface area contributed by atoms with Crippen LogP contribution in [0.1, 0.15) is 24.8 Å². The summed E-state index contributed by atoms with van der Waals surface area (Å²) in [7, 11) is 0. The molecule has 2 saturated heterocycles. The molecule has 2 heterocycles. The van der Waals surface area contributed by atoms with Crippen molar-refractivity contribution in [2.24, 2.45) is 0 Å². The van der Waals surface area contributed by atoms with Crippen molar-refractivity contribution < 1.29 is 13.9 Å². The maximum atomic E-state index is 14.0. The van der Waals surface area contributed by atoms with Crippen molar-refractivity contribution in [1.29, 1.82) is 0 Å². The number of likely N-dealkylation sites (tertiary alicyclic amines) is 1. The van der Waals surface area contributed by atoms with E-state index < -0.39 is 0 Å². The lowest BCUT2D eigenvalue weighted by Crippen LogP contribution is -2.46. The number of hydrogen-bond donors (Lipinski definition) is 1. The number of amides is 1. The second-order valence-electron chi connectivity index (χ2n) is 6.22. The van der Waals surface area contributed by atoms with Crippen LogP contribution in [0.4, 0.5) is 4.39 Å². The lowest BCUT2D eigenvalue weighted by atomic mass is 10.0. The van der Waals surface area contributed by atoms with Crippen molar-refractivity contribution in [3.8, 4) is 0 Å². The van der Waals surface area contributed by atoms with Crippen molar-refractivity contribution in [2.45, 2.75) is 37.8 Å². The number of benzene rings is 1. The molecule has 0 bridgehead atoms. The van der Waals surface area contributed by atoms with Crippen molar-refractivity contribution >= 4 is 29.9 Å². The number of rotatable bonds is 4. The first-order valence-corrected chi connectivity index (χ1v) is 8.56. The molecule has 1 amide bonds. The van der Waals surface area contributed by atoms with E-state index in [-0.39, 0.29) is 36.2 Å². The number of nitrogens with one attached hydrogen (secondary N) is 1. The zero-order valence-electron chi connectivity index (χ0n) is 13.5. The average Bonchev–Trinajstić information content (AvgIpc) is 3.00. The van der Waals surface area contributed by atoms with Crippen LogP contribution in [0.15, 0.2) is 18.2 Å². The molecule has 2 aliphatic rings. The molecule has 2 aliphatic heterocycles. The van der Waals surface area contributed by atoms with Gasteiger partial charge in [0.2, 0.25) is 5.91 Å². The van der Waals surface area contributed by atoms with E-state index in [0.717, 1.165) is 25.9 Å². The van der Waals surface area contributed by atoms with Gasteiger partial charge in [0.15, 0.2) is 0 Å². The highest BCUT2D eigenvalue weighted by Gasteiger charge is 2.31. The van der Waals surface area contributed by atoms with Crippen LogP contribution >= 0.6 is 24.0 Å². The minimum absolute atomic E-state index is 0. The lowest BCUT2D eigenvalue weighted by Gasteiger charge is -2.29. The number of carbonyl (C=O) groups is 1. The molecular weight excluding hydrogens is 354 g/mol. The molecule has 24 heavy (non-hydrogen) atoms. The predicted molar refractivity (Wildman–Crippen MR) is 94.3 cm³/mol. The van der Waals surface area contributed by atoms with E-state index in [2.05, 4.69) is 5.32 Å². The third-order valence-corrected chi connectivity index (χ3v) is 4.97. The van der Waals surface area contributed by atoms with E-state index in [4.69, 9.17) is 16.3 Å². The Balaban J connectivity index is 0.00000208. The van der Waals surface area contributed by atoms with Gasteiger partial charge in [-0.1, -0.05) is 17.7 Å². The molecule has 0 radical (unpaired) electrons. The van der Waals surface area contributed by atoms with E-state index in [0.29, 0.717) is 36.6 Å². The Morgan fingerprint density at radius 2 is 2.29 bits per heavy atom. The zero-order valence-corrected chi connectivity index (χ0v) is 15.0. The second kappa shape index (κ2) is 8.99. The molecule has 134 valence electrons.